The van der Waals surface area contributed by atoms with E-state index in [4.69, 9.17) is 14.2 Å². The van der Waals surface area contributed by atoms with Crippen molar-refractivity contribution in [2.45, 2.75) is 213 Å². The van der Waals surface area contributed by atoms with Crippen LogP contribution in [-0.2, 0) is 28.6 Å². The fraction of sp³-hybridized carbons (Fsp3) is 0.648. The Bertz CT molecular complexity index is 1230. The summed E-state index contributed by atoms with van der Waals surface area (Å²) in [5, 5.41) is 0. The van der Waals surface area contributed by atoms with Gasteiger partial charge in [0.1, 0.15) is 13.2 Å². The molecule has 0 heterocycles. The molecule has 0 amide bonds. The number of carbonyl (C=O) groups is 3. The number of esters is 3. The van der Waals surface area contributed by atoms with Crippen molar-refractivity contribution in [1.82, 2.24) is 0 Å². The summed E-state index contributed by atoms with van der Waals surface area (Å²) >= 11 is 0. The summed E-state index contributed by atoms with van der Waals surface area (Å²) in [6.07, 6.45) is 62.4. The molecule has 6 heteroatoms. The molecule has 0 saturated carbocycles. The van der Waals surface area contributed by atoms with Crippen molar-refractivity contribution >= 4 is 17.9 Å². The van der Waals surface area contributed by atoms with E-state index in [0.717, 1.165) is 122 Å². The van der Waals surface area contributed by atoms with Crippen molar-refractivity contribution in [1.29, 1.82) is 0 Å². The molecule has 0 aliphatic rings. The maximum absolute atomic E-state index is 12.8. The van der Waals surface area contributed by atoms with Crippen LogP contribution in [0.4, 0.5) is 0 Å². The van der Waals surface area contributed by atoms with E-state index in [1.807, 2.05) is 0 Å². The number of rotatable bonds is 42. The van der Waals surface area contributed by atoms with Crippen LogP contribution in [0.25, 0.3) is 0 Å². The second-order valence-corrected chi connectivity index (χ2v) is 15.7. The first-order valence-electron chi connectivity index (χ1n) is 24.3. The fourth-order valence-electron chi connectivity index (χ4n) is 6.24. The van der Waals surface area contributed by atoms with Crippen LogP contribution >= 0.6 is 0 Å². The molecule has 0 aromatic heterocycles. The Balaban J connectivity index is 4.47. The molecule has 1 atom stereocenters. The van der Waals surface area contributed by atoms with Gasteiger partial charge in [0.05, 0.1) is 0 Å². The molecule has 6 nitrogen and oxygen atoms in total. The highest BCUT2D eigenvalue weighted by molar-refractivity contribution is 5.71. The Hall–Kier alpha value is -3.67. The first-order chi connectivity index (χ1) is 29.5. The highest BCUT2D eigenvalue weighted by atomic mass is 16.6. The SMILES string of the molecule is CC\C=C/C=C\C=C/CCCCCCCCCC(=O)OC(COC(=O)CCCCC/C=C\C/C=C\C/C=C\C/C=C\CC)COC(=O)CCCCCCC/C=C\CCCC. The van der Waals surface area contributed by atoms with Crippen LogP contribution in [-0.4, -0.2) is 37.2 Å². The minimum absolute atomic E-state index is 0.0987. The highest BCUT2D eigenvalue weighted by Crippen LogP contribution is 2.13. The molecule has 1 unspecified atom stereocenters. The van der Waals surface area contributed by atoms with Gasteiger partial charge in [0.15, 0.2) is 6.10 Å². The Morgan fingerprint density at radius 3 is 1.23 bits per heavy atom. The summed E-state index contributed by atoms with van der Waals surface area (Å²) in [4.78, 5) is 37.9. The molecule has 0 fully saturated rings. The third-order valence-corrected chi connectivity index (χ3v) is 9.86. The zero-order valence-electron chi connectivity index (χ0n) is 38.7. The third kappa shape index (κ3) is 45.4. The largest absolute Gasteiger partial charge is 0.462 e. The Labute approximate surface area is 368 Å². The van der Waals surface area contributed by atoms with E-state index in [-0.39, 0.29) is 31.1 Å². The average Bonchev–Trinajstić information content (AvgIpc) is 3.24. The van der Waals surface area contributed by atoms with Crippen molar-refractivity contribution in [2.24, 2.45) is 0 Å². The summed E-state index contributed by atoms with van der Waals surface area (Å²) in [5.74, 6) is -0.959. The maximum Gasteiger partial charge on any atom is 0.306 e. The van der Waals surface area contributed by atoms with E-state index >= 15 is 0 Å². The maximum atomic E-state index is 12.8. The van der Waals surface area contributed by atoms with Crippen molar-refractivity contribution in [3.63, 3.8) is 0 Å². The predicted octanol–water partition coefficient (Wildman–Crippen LogP) is 15.8. The van der Waals surface area contributed by atoms with E-state index in [0.29, 0.717) is 19.3 Å². The Morgan fingerprint density at radius 2 is 0.733 bits per heavy atom. The standard InChI is InChI=1S/C54H88O6/c1-4-7-10-13-16-19-22-24-26-28-29-32-35-38-41-44-47-53(56)59-50-51(49-58-52(55)46-43-40-37-34-31-21-18-15-12-9-6-3)60-54(57)48-45-42-39-36-33-30-27-25-23-20-17-14-11-8-5-2/h7-8,10-11,14-20,23-24,26,29,32,51H,4-6,9,12-13,21-22,25,27-28,30-31,33-50H2,1-3H3/b10-7-,11-8-,17-14-,18-15-,19-16-,23-20-,26-24-,32-29-. The van der Waals surface area contributed by atoms with Gasteiger partial charge in [0.2, 0.25) is 0 Å². The van der Waals surface area contributed by atoms with Crippen LogP contribution in [0.2, 0.25) is 0 Å². The molecule has 0 saturated heterocycles. The number of allylic oxidation sites excluding steroid dienone is 16. The van der Waals surface area contributed by atoms with Crippen LogP contribution in [0.5, 0.6) is 0 Å². The van der Waals surface area contributed by atoms with Gasteiger partial charge >= 0.3 is 17.9 Å². The lowest BCUT2D eigenvalue weighted by Crippen LogP contribution is -2.30. The molecule has 0 aliphatic heterocycles. The number of carbonyl (C=O) groups excluding carboxylic acids is 3. The van der Waals surface area contributed by atoms with Gasteiger partial charge in [-0.25, -0.2) is 0 Å². The lowest BCUT2D eigenvalue weighted by Gasteiger charge is -2.18. The predicted molar refractivity (Wildman–Crippen MR) is 256 cm³/mol. The van der Waals surface area contributed by atoms with Gasteiger partial charge in [-0.1, -0.05) is 189 Å². The Kier molecular flexibility index (Phi) is 45.1. The minimum Gasteiger partial charge on any atom is -0.462 e. The summed E-state index contributed by atoms with van der Waals surface area (Å²) in [6.45, 7) is 6.29. The van der Waals surface area contributed by atoms with Gasteiger partial charge in [0, 0.05) is 19.3 Å². The second kappa shape index (κ2) is 48.0. The van der Waals surface area contributed by atoms with E-state index in [1.54, 1.807) is 0 Å². The molecule has 0 aromatic carbocycles. The summed E-state index contributed by atoms with van der Waals surface area (Å²) in [7, 11) is 0. The van der Waals surface area contributed by atoms with Gasteiger partial charge in [-0.15, -0.1) is 0 Å². The molecule has 340 valence electrons. The topological polar surface area (TPSA) is 78.9 Å². The number of hydrogen-bond acceptors (Lipinski definition) is 6. The monoisotopic (exact) mass is 833 g/mol. The molecule has 0 aromatic rings. The van der Waals surface area contributed by atoms with Crippen LogP contribution in [0, 0.1) is 0 Å². The quantitative estimate of drug-likeness (QED) is 0.0200. The zero-order valence-corrected chi connectivity index (χ0v) is 38.7. The van der Waals surface area contributed by atoms with E-state index < -0.39 is 6.10 Å². The molecule has 0 spiro atoms. The Morgan fingerprint density at radius 1 is 0.367 bits per heavy atom. The zero-order chi connectivity index (χ0) is 43.7. The number of unbranched alkanes of at least 4 members (excludes halogenated alkanes) is 17. The summed E-state index contributed by atoms with van der Waals surface area (Å²) in [6, 6.07) is 0. The van der Waals surface area contributed by atoms with E-state index in [2.05, 4.69) is 118 Å². The first-order valence-corrected chi connectivity index (χ1v) is 24.3. The van der Waals surface area contributed by atoms with Gasteiger partial charge < -0.3 is 14.2 Å². The normalized spacial score (nSPS) is 12.9. The van der Waals surface area contributed by atoms with Crippen LogP contribution < -0.4 is 0 Å². The molecule has 0 rings (SSSR count). The molecular formula is C54H88O6. The molecular weight excluding hydrogens is 745 g/mol. The highest BCUT2D eigenvalue weighted by Gasteiger charge is 2.19. The molecule has 60 heavy (non-hydrogen) atoms. The minimum atomic E-state index is -0.800. The smallest absolute Gasteiger partial charge is 0.306 e. The van der Waals surface area contributed by atoms with Gasteiger partial charge in [-0.2, -0.15) is 0 Å². The molecule has 0 radical (unpaired) electrons. The fourth-order valence-corrected chi connectivity index (χ4v) is 6.24. The molecule has 0 bridgehead atoms. The second-order valence-electron chi connectivity index (χ2n) is 15.7. The van der Waals surface area contributed by atoms with Crippen LogP contribution in [0.3, 0.4) is 0 Å². The molecule has 0 N–H and O–H groups in total. The summed E-state index contributed by atoms with van der Waals surface area (Å²) < 4.78 is 16.7. The van der Waals surface area contributed by atoms with Crippen molar-refractivity contribution in [3.8, 4) is 0 Å². The number of hydrogen-bond donors (Lipinski definition) is 0. The van der Waals surface area contributed by atoms with Gasteiger partial charge in [-0.05, 0) is 96.3 Å². The van der Waals surface area contributed by atoms with Crippen molar-refractivity contribution < 1.29 is 28.6 Å². The summed E-state index contributed by atoms with van der Waals surface area (Å²) in [5.41, 5.74) is 0. The first kappa shape index (κ1) is 56.3. The van der Waals surface area contributed by atoms with Crippen molar-refractivity contribution in [2.75, 3.05) is 13.2 Å². The average molecular weight is 833 g/mol. The number of ether oxygens (including phenoxy) is 3. The van der Waals surface area contributed by atoms with Crippen LogP contribution in [0.15, 0.2) is 97.2 Å². The lowest BCUT2D eigenvalue weighted by atomic mass is 10.1. The third-order valence-electron chi connectivity index (χ3n) is 9.86. The van der Waals surface area contributed by atoms with Crippen LogP contribution in [0.1, 0.15) is 207 Å². The van der Waals surface area contributed by atoms with Gasteiger partial charge in [0.25, 0.3) is 0 Å². The molecule has 0 aliphatic carbocycles. The lowest BCUT2D eigenvalue weighted by molar-refractivity contribution is -0.167. The van der Waals surface area contributed by atoms with Crippen molar-refractivity contribution in [3.05, 3.63) is 97.2 Å². The van der Waals surface area contributed by atoms with E-state index in [9.17, 15) is 14.4 Å². The van der Waals surface area contributed by atoms with Gasteiger partial charge in [-0.3, -0.25) is 14.4 Å². The van der Waals surface area contributed by atoms with E-state index in [1.165, 1.54) is 44.9 Å².